The van der Waals surface area contributed by atoms with E-state index in [1.807, 2.05) is 11.9 Å². The summed E-state index contributed by atoms with van der Waals surface area (Å²) < 4.78 is 0. The van der Waals surface area contributed by atoms with Gasteiger partial charge in [-0.2, -0.15) is 0 Å². The average molecular weight is 316 g/mol. The van der Waals surface area contributed by atoms with Crippen LogP contribution in [0.1, 0.15) is 57.1 Å². The van der Waals surface area contributed by atoms with Crippen molar-refractivity contribution in [1.29, 1.82) is 0 Å². The summed E-state index contributed by atoms with van der Waals surface area (Å²) in [6.07, 6.45) is 3.15. The Morgan fingerprint density at radius 2 is 1.96 bits per heavy atom. The smallest absolute Gasteiger partial charge is 0.222 e. The number of carbonyl (C=O) groups is 1. The molecule has 1 aliphatic heterocycles. The molecular weight excluding hydrogens is 284 g/mol. The zero-order chi connectivity index (χ0) is 16.8. The van der Waals surface area contributed by atoms with Gasteiger partial charge in [-0.15, -0.1) is 0 Å². The number of amides is 1. The first-order valence-electron chi connectivity index (χ1n) is 9.01. The van der Waals surface area contributed by atoms with Crippen LogP contribution in [0.4, 0.5) is 0 Å². The number of hydrogen-bond donors (Lipinski definition) is 1. The van der Waals surface area contributed by atoms with E-state index >= 15 is 0 Å². The van der Waals surface area contributed by atoms with Gasteiger partial charge < -0.3 is 10.2 Å². The van der Waals surface area contributed by atoms with Crippen molar-refractivity contribution in [3.8, 4) is 0 Å². The van der Waals surface area contributed by atoms with Crippen LogP contribution in [0.5, 0.6) is 0 Å². The van der Waals surface area contributed by atoms with Crippen molar-refractivity contribution < 1.29 is 4.79 Å². The molecule has 0 saturated carbocycles. The first-order valence-corrected chi connectivity index (χ1v) is 9.01. The molecule has 1 aliphatic rings. The van der Waals surface area contributed by atoms with E-state index in [2.05, 4.69) is 50.4 Å². The van der Waals surface area contributed by atoms with Gasteiger partial charge in [0.05, 0.1) is 0 Å². The minimum absolute atomic E-state index is 0.260. The SMILES string of the molecule is CC(C)c1ccc(CN(C)C(=O)CC(C)C2CCCNC2)cc1. The zero-order valence-electron chi connectivity index (χ0n) is 15.1. The fourth-order valence-electron chi connectivity index (χ4n) is 3.33. The predicted octanol–water partition coefficient (Wildman–Crippen LogP) is 3.79. The quantitative estimate of drug-likeness (QED) is 0.866. The van der Waals surface area contributed by atoms with E-state index in [9.17, 15) is 4.79 Å². The fraction of sp³-hybridized carbons (Fsp3) is 0.650. The Morgan fingerprint density at radius 3 is 2.52 bits per heavy atom. The molecule has 2 atom stereocenters. The Hall–Kier alpha value is -1.35. The first kappa shape index (κ1) is 18.0. The summed E-state index contributed by atoms with van der Waals surface area (Å²) >= 11 is 0. The summed E-state index contributed by atoms with van der Waals surface area (Å²) in [6.45, 7) is 9.52. The summed E-state index contributed by atoms with van der Waals surface area (Å²) in [5.74, 6) is 1.91. The highest BCUT2D eigenvalue weighted by Crippen LogP contribution is 2.23. The number of benzene rings is 1. The van der Waals surface area contributed by atoms with Crippen molar-refractivity contribution >= 4 is 5.91 Å². The second kappa shape index (κ2) is 8.49. The molecule has 1 heterocycles. The molecule has 0 radical (unpaired) electrons. The standard InChI is InChI=1S/C20H32N2O/c1-15(2)18-9-7-17(8-10-18)14-22(4)20(23)12-16(3)19-6-5-11-21-13-19/h7-10,15-16,19,21H,5-6,11-14H2,1-4H3. The molecule has 2 rings (SSSR count). The molecule has 0 aromatic heterocycles. The third-order valence-corrected chi connectivity index (χ3v) is 5.13. The van der Waals surface area contributed by atoms with Crippen molar-refractivity contribution in [2.24, 2.45) is 11.8 Å². The predicted molar refractivity (Wildman–Crippen MR) is 96.4 cm³/mol. The highest BCUT2D eigenvalue weighted by molar-refractivity contribution is 5.76. The molecule has 1 N–H and O–H groups in total. The summed E-state index contributed by atoms with van der Waals surface area (Å²) in [7, 11) is 1.92. The number of rotatable bonds is 6. The van der Waals surface area contributed by atoms with Crippen LogP contribution in [0.2, 0.25) is 0 Å². The highest BCUT2D eigenvalue weighted by atomic mass is 16.2. The van der Waals surface area contributed by atoms with Crippen LogP contribution in [-0.2, 0) is 11.3 Å². The number of nitrogens with zero attached hydrogens (tertiary/aromatic N) is 1. The van der Waals surface area contributed by atoms with E-state index in [0.717, 1.165) is 13.1 Å². The van der Waals surface area contributed by atoms with Gasteiger partial charge in [0, 0.05) is 20.0 Å². The van der Waals surface area contributed by atoms with Gasteiger partial charge in [-0.1, -0.05) is 45.0 Å². The first-order chi connectivity index (χ1) is 11.0. The molecule has 0 bridgehead atoms. The Morgan fingerprint density at radius 1 is 1.26 bits per heavy atom. The third-order valence-electron chi connectivity index (χ3n) is 5.13. The van der Waals surface area contributed by atoms with Crippen LogP contribution in [-0.4, -0.2) is 30.9 Å². The Bertz CT molecular complexity index is 489. The van der Waals surface area contributed by atoms with Crippen LogP contribution in [0.15, 0.2) is 24.3 Å². The molecule has 1 aromatic carbocycles. The number of nitrogens with one attached hydrogen (secondary N) is 1. The molecule has 128 valence electrons. The summed E-state index contributed by atoms with van der Waals surface area (Å²) in [4.78, 5) is 14.4. The largest absolute Gasteiger partial charge is 0.341 e. The second-order valence-electron chi connectivity index (χ2n) is 7.43. The van der Waals surface area contributed by atoms with Gasteiger partial charge in [0.25, 0.3) is 0 Å². The molecule has 0 spiro atoms. The van der Waals surface area contributed by atoms with Gasteiger partial charge >= 0.3 is 0 Å². The molecule has 1 amide bonds. The minimum Gasteiger partial charge on any atom is -0.341 e. The summed E-state index contributed by atoms with van der Waals surface area (Å²) in [6, 6.07) is 8.64. The van der Waals surface area contributed by atoms with Crippen LogP contribution >= 0.6 is 0 Å². The maximum atomic E-state index is 12.5. The Balaban J connectivity index is 1.84. The van der Waals surface area contributed by atoms with Gasteiger partial charge in [-0.25, -0.2) is 0 Å². The molecule has 0 aliphatic carbocycles. The Labute approximate surface area is 141 Å². The van der Waals surface area contributed by atoms with E-state index in [4.69, 9.17) is 0 Å². The maximum Gasteiger partial charge on any atom is 0.222 e. The number of hydrogen-bond acceptors (Lipinski definition) is 2. The van der Waals surface area contributed by atoms with Gasteiger partial charge in [0.1, 0.15) is 0 Å². The van der Waals surface area contributed by atoms with Crippen LogP contribution in [0.3, 0.4) is 0 Å². The monoisotopic (exact) mass is 316 g/mol. The summed E-state index contributed by atoms with van der Waals surface area (Å²) in [5, 5.41) is 3.45. The number of carbonyl (C=O) groups excluding carboxylic acids is 1. The Kier molecular flexibility index (Phi) is 6.64. The molecule has 2 unspecified atom stereocenters. The van der Waals surface area contributed by atoms with Crippen molar-refractivity contribution in [3.63, 3.8) is 0 Å². The van der Waals surface area contributed by atoms with E-state index < -0.39 is 0 Å². The minimum atomic E-state index is 0.260. The summed E-state index contributed by atoms with van der Waals surface area (Å²) in [5.41, 5.74) is 2.55. The van der Waals surface area contributed by atoms with E-state index in [1.54, 1.807) is 0 Å². The lowest BCUT2D eigenvalue weighted by Gasteiger charge is -2.29. The van der Waals surface area contributed by atoms with E-state index in [0.29, 0.717) is 30.7 Å². The van der Waals surface area contributed by atoms with Crippen molar-refractivity contribution in [2.75, 3.05) is 20.1 Å². The number of piperidine rings is 1. The van der Waals surface area contributed by atoms with Crippen molar-refractivity contribution in [3.05, 3.63) is 35.4 Å². The lowest BCUT2D eigenvalue weighted by molar-refractivity contribution is -0.131. The molecule has 1 fully saturated rings. The molecule has 23 heavy (non-hydrogen) atoms. The molecule has 1 aromatic rings. The van der Waals surface area contributed by atoms with Crippen LogP contribution in [0.25, 0.3) is 0 Å². The van der Waals surface area contributed by atoms with Crippen LogP contribution in [0, 0.1) is 11.8 Å². The van der Waals surface area contributed by atoms with Crippen molar-refractivity contribution in [1.82, 2.24) is 10.2 Å². The highest BCUT2D eigenvalue weighted by Gasteiger charge is 2.23. The normalized spacial score (nSPS) is 19.6. The van der Waals surface area contributed by atoms with Gasteiger partial charge in [0.15, 0.2) is 0 Å². The average Bonchev–Trinajstić information content (AvgIpc) is 2.56. The zero-order valence-corrected chi connectivity index (χ0v) is 15.1. The fourth-order valence-corrected chi connectivity index (χ4v) is 3.33. The van der Waals surface area contributed by atoms with Gasteiger partial charge in [-0.3, -0.25) is 4.79 Å². The topological polar surface area (TPSA) is 32.3 Å². The van der Waals surface area contributed by atoms with Gasteiger partial charge in [0.2, 0.25) is 5.91 Å². The second-order valence-corrected chi connectivity index (χ2v) is 7.43. The van der Waals surface area contributed by atoms with Crippen LogP contribution < -0.4 is 5.32 Å². The maximum absolute atomic E-state index is 12.5. The lowest BCUT2D eigenvalue weighted by Crippen LogP contribution is -2.36. The molecule has 1 saturated heterocycles. The van der Waals surface area contributed by atoms with E-state index in [-0.39, 0.29) is 5.91 Å². The van der Waals surface area contributed by atoms with Gasteiger partial charge in [-0.05, 0) is 54.8 Å². The molecule has 3 heteroatoms. The molecule has 3 nitrogen and oxygen atoms in total. The third kappa shape index (κ3) is 5.35. The van der Waals surface area contributed by atoms with Crippen molar-refractivity contribution in [2.45, 2.75) is 52.5 Å². The lowest BCUT2D eigenvalue weighted by atomic mass is 9.85. The molecular formula is C20H32N2O. The van der Waals surface area contributed by atoms with E-state index in [1.165, 1.54) is 24.0 Å².